The van der Waals surface area contributed by atoms with Crippen molar-refractivity contribution in [1.29, 1.82) is 0 Å². The minimum atomic E-state index is -0.352. The molecular weight excluding hydrogens is 328 g/mol. The van der Waals surface area contributed by atoms with E-state index in [1.54, 1.807) is 21.9 Å². The summed E-state index contributed by atoms with van der Waals surface area (Å²) in [5.41, 5.74) is 0.157. The van der Waals surface area contributed by atoms with E-state index in [-0.39, 0.29) is 23.4 Å². The number of hydrogen-bond donors (Lipinski definition) is 2. The van der Waals surface area contributed by atoms with E-state index in [1.165, 1.54) is 0 Å². The third-order valence-electron chi connectivity index (χ3n) is 4.93. The van der Waals surface area contributed by atoms with Crippen molar-refractivity contribution in [3.8, 4) is 0 Å². The number of thiazole rings is 1. The van der Waals surface area contributed by atoms with Crippen LogP contribution in [0.3, 0.4) is 0 Å². The van der Waals surface area contributed by atoms with Crippen LogP contribution in [0, 0.1) is 12.3 Å². The number of esters is 1. The molecule has 24 heavy (non-hydrogen) atoms. The Kier molecular flexibility index (Phi) is 3.80. The number of piperidine rings is 1. The molecule has 1 unspecified atom stereocenters. The zero-order valence-electron chi connectivity index (χ0n) is 13.5. The highest BCUT2D eigenvalue weighted by atomic mass is 32.1. The van der Waals surface area contributed by atoms with Crippen molar-refractivity contribution in [3.05, 3.63) is 23.0 Å². The normalized spacial score (nSPS) is 22.9. The van der Waals surface area contributed by atoms with Crippen LogP contribution in [0.25, 0.3) is 4.96 Å². The van der Waals surface area contributed by atoms with E-state index in [0.29, 0.717) is 18.7 Å². The van der Waals surface area contributed by atoms with Crippen LogP contribution in [0.15, 0.2) is 12.4 Å². The van der Waals surface area contributed by atoms with E-state index in [9.17, 15) is 9.59 Å². The summed E-state index contributed by atoms with van der Waals surface area (Å²) in [6, 6.07) is 0. The van der Waals surface area contributed by atoms with Gasteiger partial charge in [0.25, 0.3) is 5.91 Å². The molecular formula is C16H20N4O3S. The first kappa shape index (κ1) is 15.6. The van der Waals surface area contributed by atoms with Crippen molar-refractivity contribution in [2.45, 2.75) is 32.3 Å². The largest absolute Gasteiger partial charge is 0.460 e. The topological polar surface area (TPSA) is 84.7 Å². The van der Waals surface area contributed by atoms with E-state index in [0.717, 1.165) is 35.8 Å². The quantitative estimate of drug-likeness (QED) is 0.812. The lowest BCUT2D eigenvalue weighted by Crippen LogP contribution is -2.39. The zero-order chi connectivity index (χ0) is 16.7. The molecule has 4 rings (SSSR count). The van der Waals surface area contributed by atoms with Gasteiger partial charge in [-0.25, -0.2) is 4.98 Å². The second kappa shape index (κ2) is 5.86. The molecule has 2 N–H and O–H groups in total. The lowest BCUT2D eigenvalue weighted by atomic mass is 9.76. The van der Waals surface area contributed by atoms with Gasteiger partial charge in [-0.05, 0) is 32.9 Å². The summed E-state index contributed by atoms with van der Waals surface area (Å²) in [5, 5.41) is 6.16. The first-order chi connectivity index (χ1) is 11.6. The fourth-order valence-corrected chi connectivity index (χ4v) is 4.43. The van der Waals surface area contributed by atoms with Gasteiger partial charge in [-0.2, -0.15) is 0 Å². The van der Waals surface area contributed by atoms with E-state index < -0.39 is 0 Å². The number of aromatic nitrogens is 2. The monoisotopic (exact) mass is 348 g/mol. The van der Waals surface area contributed by atoms with Crippen LogP contribution in [0.5, 0.6) is 0 Å². The van der Waals surface area contributed by atoms with E-state index >= 15 is 0 Å². The Morgan fingerprint density at radius 2 is 2.33 bits per heavy atom. The molecule has 8 heteroatoms. The molecule has 0 radical (unpaired) electrons. The smallest absolute Gasteiger partial charge is 0.312 e. The maximum atomic E-state index is 12.4. The summed E-state index contributed by atoms with van der Waals surface area (Å²) in [6.45, 7) is 4.02. The Labute approximate surface area is 143 Å². The molecule has 128 valence electrons. The summed E-state index contributed by atoms with van der Waals surface area (Å²) in [7, 11) is 0. The summed E-state index contributed by atoms with van der Waals surface area (Å²) in [6.07, 6.45) is 5.55. The highest BCUT2D eigenvalue weighted by molar-refractivity contribution is 7.17. The zero-order valence-corrected chi connectivity index (χ0v) is 14.3. The number of imidazole rings is 1. The molecule has 2 fully saturated rings. The predicted octanol–water partition coefficient (Wildman–Crippen LogP) is 1.12. The molecule has 2 aromatic heterocycles. The Hall–Kier alpha value is -1.93. The average Bonchev–Trinajstić information content (AvgIpc) is 3.19. The lowest BCUT2D eigenvalue weighted by Gasteiger charge is -2.29. The highest BCUT2D eigenvalue weighted by Gasteiger charge is 2.49. The number of carbonyl (C=O) groups is 2. The molecule has 0 aliphatic carbocycles. The summed E-state index contributed by atoms with van der Waals surface area (Å²) < 4.78 is 7.31. The Morgan fingerprint density at radius 1 is 1.54 bits per heavy atom. The van der Waals surface area contributed by atoms with Gasteiger partial charge in [0.2, 0.25) is 0 Å². The number of hydrogen-bond acceptors (Lipinski definition) is 6. The second-order valence-corrected chi connectivity index (χ2v) is 7.82. The maximum Gasteiger partial charge on any atom is 0.312 e. The molecule has 7 nitrogen and oxygen atoms in total. The molecule has 1 atom stereocenters. The Balaban J connectivity index is 1.40. The Bertz CT molecular complexity index is 790. The SMILES string of the molecule is Cc1cn2c(C(=O)NCC3CC4(CCNCC4)C(=O)O3)cnc2s1. The molecule has 2 aliphatic rings. The number of carbonyl (C=O) groups excluding carboxylic acids is 2. The number of nitrogens with zero attached hydrogens (tertiary/aromatic N) is 2. The minimum Gasteiger partial charge on any atom is -0.460 e. The fourth-order valence-electron chi connectivity index (χ4n) is 3.63. The van der Waals surface area contributed by atoms with Crippen LogP contribution < -0.4 is 10.6 Å². The highest BCUT2D eigenvalue weighted by Crippen LogP contribution is 2.41. The molecule has 0 bridgehead atoms. The number of fused-ring (bicyclic) bond motifs is 1. The first-order valence-electron chi connectivity index (χ1n) is 8.21. The van der Waals surface area contributed by atoms with Gasteiger partial charge in [0, 0.05) is 17.5 Å². The van der Waals surface area contributed by atoms with Crippen LogP contribution in [0.1, 0.15) is 34.6 Å². The van der Waals surface area contributed by atoms with Crippen LogP contribution >= 0.6 is 11.3 Å². The number of ether oxygens (including phenoxy) is 1. The van der Waals surface area contributed by atoms with E-state index in [2.05, 4.69) is 15.6 Å². The molecule has 2 saturated heterocycles. The van der Waals surface area contributed by atoms with E-state index in [1.807, 2.05) is 13.1 Å². The summed E-state index contributed by atoms with van der Waals surface area (Å²) >= 11 is 1.55. The summed E-state index contributed by atoms with van der Waals surface area (Å²) in [5.74, 6) is -0.300. The van der Waals surface area contributed by atoms with Crippen molar-refractivity contribution in [3.63, 3.8) is 0 Å². The van der Waals surface area contributed by atoms with Crippen molar-refractivity contribution < 1.29 is 14.3 Å². The molecule has 0 saturated carbocycles. The third-order valence-corrected chi connectivity index (χ3v) is 5.85. The third kappa shape index (κ3) is 2.59. The number of nitrogens with one attached hydrogen (secondary N) is 2. The van der Waals surface area contributed by atoms with Crippen molar-refractivity contribution >= 4 is 28.2 Å². The van der Waals surface area contributed by atoms with Crippen LogP contribution in [0.4, 0.5) is 0 Å². The molecule has 1 amide bonds. The molecule has 1 spiro atoms. The van der Waals surface area contributed by atoms with Gasteiger partial charge in [0.15, 0.2) is 4.96 Å². The Morgan fingerprint density at radius 3 is 3.12 bits per heavy atom. The van der Waals surface area contributed by atoms with Gasteiger partial charge in [-0.1, -0.05) is 0 Å². The van der Waals surface area contributed by atoms with Gasteiger partial charge in [-0.3, -0.25) is 14.0 Å². The lowest BCUT2D eigenvalue weighted by molar-refractivity contribution is -0.149. The maximum absolute atomic E-state index is 12.4. The first-order valence-corrected chi connectivity index (χ1v) is 9.03. The summed E-state index contributed by atoms with van der Waals surface area (Å²) in [4.78, 5) is 30.8. The minimum absolute atomic E-state index is 0.108. The fraction of sp³-hybridized carbons (Fsp3) is 0.562. The number of rotatable bonds is 3. The molecule has 0 aromatic carbocycles. The van der Waals surface area contributed by atoms with Gasteiger partial charge >= 0.3 is 5.97 Å². The van der Waals surface area contributed by atoms with Crippen LogP contribution in [-0.2, 0) is 9.53 Å². The molecule has 2 aromatic rings. The number of cyclic esters (lactones) is 1. The van der Waals surface area contributed by atoms with Gasteiger partial charge in [0.1, 0.15) is 11.8 Å². The van der Waals surface area contributed by atoms with Gasteiger partial charge in [0.05, 0.1) is 18.2 Å². The molecule has 4 heterocycles. The van der Waals surface area contributed by atoms with Crippen molar-refractivity contribution in [2.24, 2.45) is 5.41 Å². The van der Waals surface area contributed by atoms with E-state index in [4.69, 9.17) is 4.74 Å². The molecule has 2 aliphatic heterocycles. The van der Waals surface area contributed by atoms with Crippen molar-refractivity contribution in [2.75, 3.05) is 19.6 Å². The van der Waals surface area contributed by atoms with Gasteiger partial charge in [-0.15, -0.1) is 11.3 Å². The van der Waals surface area contributed by atoms with Crippen LogP contribution in [-0.4, -0.2) is 47.0 Å². The van der Waals surface area contributed by atoms with Gasteiger partial charge < -0.3 is 15.4 Å². The number of amides is 1. The van der Waals surface area contributed by atoms with Crippen molar-refractivity contribution in [1.82, 2.24) is 20.0 Å². The van der Waals surface area contributed by atoms with Crippen LogP contribution in [0.2, 0.25) is 0 Å². The predicted molar refractivity (Wildman–Crippen MR) is 89.2 cm³/mol. The average molecular weight is 348 g/mol. The second-order valence-electron chi connectivity index (χ2n) is 6.61. The standard InChI is InChI=1S/C16H20N4O3S/c1-10-9-20-12(8-19-15(20)24-10)13(21)18-7-11-6-16(14(22)23-11)2-4-17-5-3-16/h8-9,11,17H,2-7H2,1H3,(H,18,21). The number of aryl methyl sites for hydroxylation is 1.